The highest BCUT2D eigenvalue weighted by Crippen LogP contribution is 2.27. The van der Waals surface area contributed by atoms with Gasteiger partial charge in [-0.05, 0) is 18.2 Å². The Hall–Kier alpha value is -2.57. The number of methoxy groups -OCH3 is 1. The van der Waals surface area contributed by atoms with Crippen molar-refractivity contribution in [2.45, 2.75) is 6.04 Å². The number of hydrogen-bond donors (Lipinski definition) is 3. The molecule has 0 bridgehead atoms. The zero-order chi connectivity index (χ0) is 18.5. The molecular weight excluding hydrogens is 354 g/mol. The molecule has 0 saturated carbocycles. The highest BCUT2D eigenvalue weighted by atomic mass is 35.5. The van der Waals surface area contributed by atoms with Crippen molar-refractivity contribution in [1.29, 1.82) is 0 Å². The van der Waals surface area contributed by atoms with Gasteiger partial charge in [0.05, 0.1) is 25.2 Å². The van der Waals surface area contributed by atoms with Gasteiger partial charge in [0.1, 0.15) is 5.75 Å². The Bertz CT molecular complexity index is 798. The molecule has 0 aliphatic carbocycles. The Morgan fingerprint density at radius 2 is 2.04 bits per heavy atom. The highest BCUT2D eigenvalue weighted by Gasteiger charge is 2.34. The molecule has 1 aliphatic rings. The molecule has 0 aromatic heterocycles. The van der Waals surface area contributed by atoms with Gasteiger partial charge in [0.25, 0.3) is 11.8 Å². The van der Waals surface area contributed by atoms with Crippen molar-refractivity contribution in [1.82, 2.24) is 5.32 Å². The lowest BCUT2D eigenvalue weighted by Gasteiger charge is -2.30. The molecule has 7 heteroatoms. The first-order valence-corrected chi connectivity index (χ1v) is 8.77. The largest absolute Gasteiger partial charge is 0.495 e. The average Bonchev–Trinajstić information content (AvgIpc) is 2.63. The molecule has 1 aliphatic heterocycles. The maximum atomic E-state index is 13.0. The van der Waals surface area contributed by atoms with E-state index in [1.54, 1.807) is 18.2 Å². The third kappa shape index (κ3) is 4.15. The number of carbonyl (C=O) groups excluding carboxylic acids is 2. The van der Waals surface area contributed by atoms with Crippen LogP contribution in [0.3, 0.4) is 0 Å². The summed E-state index contributed by atoms with van der Waals surface area (Å²) in [6.45, 7) is 1.50. The molecule has 3 N–H and O–H groups in total. The van der Waals surface area contributed by atoms with E-state index in [-0.39, 0.29) is 18.4 Å². The van der Waals surface area contributed by atoms with Gasteiger partial charge in [-0.25, -0.2) is 0 Å². The van der Waals surface area contributed by atoms with E-state index in [1.165, 1.54) is 7.11 Å². The van der Waals surface area contributed by atoms with Crippen molar-refractivity contribution >= 4 is 29.1 Å². The van der Waals surface area contributed by atoms with Crippen LogP contribution in [0.15, 0.2) is 48.5 Å². The number of hydrogen-bond acceptors (Lipinski definition) is 3. The number of nitrogens with one attached hydrogen (secondary N) is 3. The van der Waals surface area contributed by atoms with E-state index in [1.807, 2.05) is 30.3 Å². The lowest BCUT2D eigenvalue weighted by atomic mass is 10.0. The number of piperazine rings is 1. The molecule has 0 spiro atoms. The van der Waals surface area contributed by atoms with Crippen molar-refractivity contribution in [2.24, 2.45) is 0 Å². The Labute approximate surface area is 157 Å². The average molecular weight is 375 g/mol. The number of amides is 2. The van der Waals surface area contributed by atoms with Gasteiger partial charge in [0.15, 0.2) is 12.6 Å². The van der Waals surface area contributed by atoms with E-state index in [0.29, 0.717) is 29.5 Å². The Morgan fingerprint density at radius 3 is 2.69 bits per heavy atom. The summed E-state index contributed by atoms with van der Waals surface area (Å²) < 4.78 is 5.14. The summed E-state index contributed by atoms with van der Waals surface area (Å²) in [5.74, 6) is 0.317. The standard InChI is InChI=1S/C19H20ClN3O3/c1-26-16-8-7-14(11-15(16)20)22-19(25)18(13-5-3-2-4-6-13)23-10-9-21-17(24)12-23/h2-8,11,18H,9-10,12H2,1H3,(H,21,24)(H,22,25)/p+1/t18-/m1/s1. The van der Waals surface area contributed by atoms with E-state index < -0.39 is 6.04 Å². The maximum absolute atomic E-state index is 13.0. The van der Waals surface area contributed by atoms with Gasteiger partial charge >= 0.3 is 0 Å². The van der Waals surface area contributed by atoms with Crippen LogP contribution < -0.4 is 20.3 Å². The van der Waals surface area contributed by atoms with Crippen molar-refractivity contribution in [2.75, 3.05) is 32.1 Å². The topological polar surface area (TPSA) is 71.9 Å². The molecule has 26 heavy (non-hydrogen) atoms. The number of carbonyl (C=O) groups is 2. The van der Waals surface area contributed by atoms with Gasteiger partial charge in [0, 0.05) is 11.3 Å². The lowest BCUT2D eigenvalue weighted by Crippen LogP contribution is -3.16. The molecule has 1 heterocycles. The molecule has 1 fully saturated rings. The van der Waals surface area contributed by atoms with Crippen LogP contribution in [0.2, 0.25) is 5.02 Å². The van der Waals surface area contributed by atoms with Gasteiger partial charge in [-0.1, -0.05) is 41.9 Å². The van der Waals surface area contributed by atoms with Crippen molar-refractivity contribution in [3.63, 3.8) is 0 Å². The van der Waals surface area contributed by atoms with Crippen LogP contribution in [0.4, 0.5) is 5.69 Å². The molecule has 2 aromatic carbocycles. The molecule has 1 unspecified atom stereocenters. The monoisotopic (exact) mass is 374 g/mol. The van der Waals surface area contributed by atoms with Crippen LogP contribution in [0.1, 0.15) is 11.6 Å². The summed E-state index contributed by atoms with van der Waals surface area (Å²) in [6.07, 6.45) is 0. The summed E-state index contributed by atoms with van der Waals surface area (Å²) >= 11 is 6.14. The Morgan fingerprint density at radius 1 is 1.27 bits per heavy atom. The minimum atomic E-state index is -0.483. The summed E-state index contributed by atoms with van der Waals surface area (Å²) in [4.78, 5) is 25.8. The zero-order valence-corrected chi connectivity index (χ0v) is 15.2. The molecule has 2 aromatic rings. The number of benzene rings is 2. The fourth-order valence-corrected chi connectivity index (χ4v) is 3.40. The smallest absolute Gasteiger partial charge is 0.287 e. The van der Waals surface area contributed by atoms with Crippen molar-refractivity contribution in [3.05, 3.63) is 59.1 Å². The maximum Gasteiger partial charge on any atom is 0.287 e. The van der Waals surface area contributed by atoms with E-state index in [2.05, 4.69) is 10.6 Å². The molecule has 1 saturated heterocycles. The third-order valence-electron chi connectivity index (χ3n) is 4.38. The molecule has 0 radical (unpaired) electrons. The van der Waals surface area contributed by atoms with E-state index in [4.69, 9.17) is 16.3 Å². The summed E-state index contributed by atoms with van der Waals surface area (Å²) in [5.41, 5.74) is 1.46. The lowest BCUT2D eigenvalue weighted by molar-refractivity contribution is -0.915. The van der Waals surface area contributed by atoms with Crippen LogP contribution in [0.5, 0.6) is 5.75 Å². The SMILES string of the molecule is COc1ccc(NC(=O)[C@@H](c2ccccc2)[NH+]2CCNC(=O)C2)cc1Cl. The predicted octanol–water partition coefficient (Wildman–Crippen LogP) is 1.04. The molecule has 3 rings (SSSR count). The normalized spacial score (nSPS) is 17.9. The summed E-state index contributed by atoms with van der Waals surface area (Å²) in [6, 6.07) is 14.1. The molecule has 136 valence electrons. The highest BCUT2D eigenvalue weighted by molar-refractivity contribution is 6.32. The van der Waals surface area contributed by atoms with Gasteiger partial charge in [0.2, 0.25) is 0 Å². The van der Waals surface area contributed by atoms with E-state index >= 15 is 0 Å². The van der Waals surface area contributed by atoms with Crippen LogP contribution in [-0.2, 0) is 9.59 Å². The summed E-state index contributed by atoms with van der Waals surface area (Å²) in [5, 5.41) is 6.14. The van der Waals surface area contributed by atoms with Gasteiger partial charge in [-0.3, -0.25) is 9.59 Å². The van der Waals surface area contributed by atoms with E-state index in [0.717, 1.165) is 10.5 Å². The fraction of sp³-hybridized carbons (Fsp3) is 0.263. The minimum absolute atomic E-state index is 0.0486. The molecular formula is C19H21ClN3O3+. The van der Waals surface area contributed by atoms with Gasteiger partial charge < -0.3 is 20.3 Å². The van der Waals surface area contributed by atoms with Gasteiger partial charge in [-0.2, -0.15) is 0 Å². The number of halogens is 1. The molecule has 2 amide bonds. The second-order valence-corrected chi connectivity index (χ2v) is 6.52. The number of anilines is 1. The first-order chi connectivity index (χ1) is 12.6. The molecule has 6 nitrogen and oxygen atoms in total. The van der Waals surface area contributed by atoms with Crippen molar-refractivity contribution in [3.8, 4) is 5.75 Å². The number of quaternary nitrogens is 1. The van der Waals surface area contributed by atoms with Crippen LogP contribution >= 0.6 is 11.6 Å². The second kappa shape index (κ2) is 8.21. The van der Waals surface area contributed by atoms with Crippen LogP contribution in [0.25, 0.3) is 0 Å². The van der Waals surface area contributed by atoms with Gasteiger partial charge in [-0.15, -0.1) is 0 Å². The number of rotatable bonds is 5. The third-order valence-corrected chi connectivity index (χ3v) is 4.67. The molecule has 2 atom stereocenters. The Balaban J connectivity index is 1.85. The quantitative estimate of drug-likeness (QED) is 0.732. The van der Waals surface area contributed by atoms with Crippen molar-refractivity contribution < 1.29 is 19.2 Å². The zero-order valence-electron chi connectivity index (χ0n) is 14.4. The summed E-state index contributed by atoms with van der Waals surface area (Å²) in [7, 11) is 1.54. The predicted molar refractivity (Wildman–Crippen MR) is 99.5 cm³/mol. The Kier molecular flexibility index (Phi) is 5.75. The fourth-order valence-electron chi connectivity index (χ4n) is 3.14. The van der Waals surface area contributed by atoms with Crippen LogP contribution in [0, 0.1) is 0 Å². The van der Waals surface area contributed by atoms with E-state index in [9.17, 15) is 9.59 Å². The minimum Gasteiger partial charge on any atom is -0.495 e. The second-order valence-electron chi connectivity index (χ2n) is 6.12. The first kappa shape index (κ1) is 18.2. The van der Waals surface area contributed by atoms with Crippen LogP contribution in [-0.4, -0.2) is 38.6 Å². The number of ether oxygens (including phenoxy) is 1. The first-order valence-electron chi connectivity index (χ1n) is 8.39.